The number of hydrogen-bond donors (Lipinski definition) is 2. The van der Waals surface area contributed by atoms with Gasteiger partial charge in [-0.25, -0.2) is 0 Å². The zero-order valence-electron chi connectivity index (χ0n) is 14.4. The van der Waals surface area contributed by atoms with Gasteiger partial charge in [0, 0.05) is 11.7 Å². The highest BCUT2D eigenvalue weighted by Gasteiger charge is 2.35. The number of carbonyl (C=O) groups excluding carboxylic acids is 1. The number of amides is 1. The Morgan fingerprint density at radius 3 is 2.76 bits per heavy atom. The van der Waals surface area contributed by atoms with Crippen LogP contribution in [0.25, 0.3) is 0 Å². The van der Waals surface area contributed by atoms with Gasteiger partial charge in [-0.05, 0) is 59.1 Å². The summed E-state index contributed by atoms with van der Waals surface area (Å²) in [6.07, 6.45) is 0.491. The first-order valence-corrected chi connectivity index (χ1v) is 9.01. The number of halogens is 1. The molecular weight excluding hydrogens is 384 g/mol. The van der Waals surface area contributed by atoms with Gasteiger partial charge in [0.15, 0.2) is 11.5 Å². The maximum absolute atomic E-state index is 13.1. The molecule has 25 heavy (non-hydrogen) atoms. The molecule has 2 aromatic rings. The topological polar surface area (TPSA) is 61.8 Å². The Bertz CT molecular complexity index is 809. The zero-order chi connectivity index (χ0) is 18.1. The number of aromatic hydroxyl groups is 1. The Labute approximate surface area is 155 Å². The molecule has 0 unspecified atom stereocenters. The molecule has 0 spiro atoms. The Balaban J connectivity index is 2.13. The summed E-state index contributed by atoms with van der Waals surface area (Å²) >= 11 is 3.36. The number of hydrogen-bond acceptors (Lipinski definition) is 4. The van der Waals surface area contributed by atoms with E-state index in [2.05, 4.69) is 28.2 Å². The van der Waals surface area contributed by atoms with Gasteiger partial charge in [0.1, 0.15) is 6.17 Å². The average molecular weight is 405 g/mol. The molecule has 2 N–H and O–H groups in total. The van der Waals surface area contributed by atoms with E-state index < -0.39 is 0 Å². The molecule has 1 heterocycles. The molecule has 0 saturated carbocycles. The number of phenols is 1. The van der Waals surface area contributed by atoms with Gasteiger partial charge in [0.05, 0.1) is 17.1 Å². The quantitative estimate of drug-likeness (QED) is 0.785. The highest BCUT2D eigenvalue weighted by Crippen LogP contribution is 2.41. The van der Waals surface area contributed by atoms with Crippen LogP contribution in [0.4, 0.5) is 5.69 Å². The number of methoxy groups -OCH3 is 1. The number of benzene rings is 2. The van der Waals surface area contributed by atoms with Crippen LogP contribution in [0.15, 0.2) is 40.9 Å². The molecule has 5 nitrogen and oxygen atoms in total. The van der Waals surface area contributed by atoms with Crippen molar-refractivity contribution in [1.82, 2.24) is 4.90 Å². The Hall–Kier alpha value is -2.21. The molecule has 6 heteroatoms. The van der Waals surface area contributed by atoms with Gasteiger partial charge in [0.2, 0.25) is 0 Å². The third-order valence-corrected chi connectivity index (χ3v) is 5.22. The number of para-hydroxylation sites is 1. The van der Waals surface area contributed by atoms with Gasteiger partial charge in [-0.3, -0.25) is 4.79 Å². The van der Waals surface area contributed by atoms with Crippen LogP contribution < -0.4 is 10.1 Å². The second-order valence-electron chi connectivity index (χ2n) is 6.12. The second-order valence-corrected chi connectivity index (χ2v) is 6.97. The molecule has 1 aliphatic rings. The Kier molecular flexibility index (Phi) is 4.90. The first-order valence-electron chi connectivity index (χ1n) is 8.22. The van der Waals surface area contributed by atoms with Gasteiger partial charge in [0.25, 0.3) is 5.91 Å². The largest absolute Gasteiger partial charge is 0.503 e. The number of ether oxygens (including phenoxy) is 1. The molecule has 2 aromatic carbocycles. The van der Waals surface area contributed by atoms with E-state index in [1.54, 1.807) is 6.07 Å². The Morgan fingerprint density at radius 1 is 1.36 bits per heavy atom. The van der Waals surface area contributed by atoms with Gasteiger partial charge < -0.3 is 20.1 Å². The van der Waals surface area contributed by atoms with Crippen LogP contribution in [0.5, 0.6) is 11.5 Å². The molecule has 1 aliphatic heterocycles. The van der Waals surface area contributed by atoms with E-state index in [1.807, 2.05) is 42.2 Å². The van der Waals surface area contributed by atoms with Crippen LogP contribution in [0.1, 0.15) is 42.4 Å². The molecule has 132 valence electrons. The van der Waals surface area contributed by atoms with E-state index >= 15 is 0 Å². The van der Waals surface area contributed by atoms with Crippen molar-refractivity contribution in [3.05, 3.63) is 52.0 Å². The summed E-state index contributed by atoms with van der Waals surface area (Å²) in [7, 11) is 1.51. The van der Waals surface area contributed by atoms with Crippen molar-refractivity contribution in [3.63, 3.8) is 0 Å². The van der Waals surface area contributed by atoms with Crippen LogP contribution in [-0.2, 0) is 0 Å². The van der Waals surface area contributed by atoms with Gasteiger partial charge in [-0.2, -0.15) is 0 Å². The monoisotopic (exact) mass is 404 g/mol. The van der Waals surface area contributed by atoms with Crippen molar-refractivity contribution in [2.75, 3.05) is 12.4 Å². The SMILES string of the molecule is CC[C@H](C)N1C(=O)c2ccccc2N[C@@H]1c1cc(Br)c(O)c(OC)c1. The summed E-state index contributed by atoms with van der Waals surface area (Å²) in [5.41, 5.74) is 2.31. The predicted octanol–water partition coefficient (Wildman–Crippen LogP) is 4.53. The van der Waals surface area contributed by atoms with Crippen molar-refractivity contribution in [3.8, 4) is 11.5 Å². The smallest absolute Gasteiger partial charge is 0.258 e. The van der Waals surface area contributed by atoms with Crippen molar-refractivity contribution >= 4 is 27.5 Å². The van der Waals surface area contributed by atoms with Crippen molar-refractivity contribution < 1.29 is 14.6 Å². The minimum Gasteiger partial charge on any atom is -0.503 e. The number of nitrogens with zero attached hydrogens (tertiary/aromatic N) is 1. The van der Waals surface area contributed by atoms with Gasteiger partial charge in [-0.15, -0.1) is 0 Å². The number of anilines is 1. The fourth-order valence-electron chi connectivity index (χ4n) is 3.07. The first-order chi connectivity index (χ1) is 12.0. The van der Waals surface area contributed by atoms with Crippen LogP contribution in [-0.4, -0.2) is 29.1 Å². The lowest BCUT2D eigenvalue weighted by Crippen LogP contribution is -2.47. The van der Waals surface area contributed by atoms with Gasteiger partial charge in [-0.1, -0.05) is 19.1 Å². The van der Waals surface area contributed by atoms with Crippen molar-refractivity contribution in [2.24, 2.45) is 0 Å². The van der Waals surface area contributed by atoms with Crippen molar-refractivity contribution in [1.29, 1.82) is 0 Å². The molecule has 0 radical (unpaired) electrons. The van der Waals surface area contributed by atoms with Gasteiger partial charge >= 0.3 is 0 Å². The Morgan fingerprint density at radius 2 is 2.08 bits per heavy atom. The first kappa shape index (κ1) is 17.6. The number of phenolic OH excluding ortho intramolecular Hbond substituents is 1. The molecule has 0 aromatic heterocycles. The second kappa shape index (κ2) is 6.96. The van der Waals surface area contributed by atoms with Crippen LogP contribution in [0.2, 0.25) is 0 Å². The third-order valence-electron chi connectivity index (χ3n) is 4.61. The predicted molar refractivity (Wildman–Crippen MR) is 101 cm³/mol. The fraction of sp³-hybridized carbons (Fsp3) is 0.316. The summed E-state index contributed by atoms with van der Waals surface area (Å²) in [5.74, 6) is 0.405. The van der Waals surface area contributed by atoms with Crippen LogP contribution in [0, 0.1) is 0 Å². The molecule has 0 bridgehead atoms. The van der Waals surface area contributed by atoms with Crippen LogP contribution in [0.3, 0.4) is 0 Å². The maximum atomic E-state index is 13.1. The lowest BCUT2D eigenvalue weighted by molar-refractivity contribution is 0.0593. The summed E-state index contributed by atoms with van der Waals surface area (Å²) in [6, 6.07) is 11.1. The summed E-state index contributed by atoms with van der Waals surface area (Å²) in [4.78, 5) is 14.9. The highest BCUT2D eigenvalue weighted by molar-refractivity contribution is 9.10. The molecule has 0 aliphatic carbocycles. The molecule has 1 amide bonds. The van der Waals surface area contributed by atoms with E-state index in [0.717, 1.165) is 17.7 Å². The lowest BCUT2D eigenvalue weighted by atomic mass is 10.0. The number of fused-ring (bicyclic) bond motifs is 1. The summed E-state index contributed by atoms with van der Waals surface area (Å²) in [6.45, 7) is 4.09. The summed E-state index contributed by atoms with van der Waals surface area (Å²) < 4.78 is 5.79. The molecule has 0 fully saturated rings. The molecular formula is C19H21BrN2O3. The number of nitrogens with one attached hydrogen (secondary N) is 1. The lowest BCUT2D eigenvalue weighted by Gasteiger charge is -2.41. The molecule has 0 saturated heterocycles. The van der Waals surface area contributed by atoms with E-state index in [-0.39, 0.29) is 23.9 Å². The maximum Gasteiger partial charge on any atom is 0.258 e. The third kappa shape index (κ3) is 3.06. The van der Waals surface area contributed by atoms with Crippen molar-refractivity contribution in [2.45, 2.75) is 32.5 Å². The molecule has 3 rings (SSSR count). The van der Waals surface area contributed by atoms with E-state index in [9.17, 15) is 9.90 Å². The minimum atomic E-state index is -0.344. The fourth-order valence-corrected chi connectivity index (χ4v) is 3.53. The van der Waals surface area contributed by atoms with Crippen LogP contribution >= 0.6 is 15.9 Å². The van der Waals surface area contributed by atoms with E-state index in [0.29, 0.717) is 15.8 Å². The number of carbonyl (C=O) groups is 1. The zero-order valence-corrected chi connectivity index (χ0v) is 16.0. The van der Waals surface area contributed by atoms with E-state index in [4.69, 9.17) is 4.74 Å². The normalized spacial score (nSPS) is 17.7. The van der Waals surface area contributed by atoms with E-state index in [1.165, 1.54) is 7.11 Å². The number of rotatable bonds is 4. The average Bonchev–Trinajstić information content (AvgIpc) is 2.63. The standard InChI is InChI=1S/C19H21BrN2O3/c1-4-11(2)22-18(12-9-14(20)17(23)16(10-12)25-3)21-15-8-6-5-7-13(15)19(22)24/h5-11,18,21,23H,4H2,1-3H3/t11-,18-/m0/s1. The molecule has 2 atom stereocenters. The summed E-state index contributed by atoms with van der Waals surface area (Å²) in [5, 5.41) is 13.5. The highest BCUT2D eigenvalue weighted by atomic mass is 79.9. The minimum absolute atomic E-state index is 0.00290.